The Morgan fingerprint density at radius 3 is 2.90 bits per heavy atom. The second-order valence-corrected chi connectivity index (χ2v) is 4.96. The summed E-state index contributed by atoms with van der Waals surface area (Å²) in [6.45, 7) is 0. The first-order valence-electron chi connectivity index (χ1n) is 6.74. The van der Waals surface area contributed by atoms with Crippen LogP contribution in [0.4, 0.5) is 5.69 Å². The number of anilines is 1. The Hall–Kier alpha value is -2.36. The number of hydrogen-bond donors (Lipinski definition) is 1. The van der Waals surface area contributed by atoms with Crippen LogP contribution in [0.3, 0.4) is 0 Å². The summed E-state index contributed by atoms with van der Waals surface area (Å²) in [4.78, 5) is 16.1. The number of nitrogen functional groups attached to an aromatic ring is 1. The van der Waals surface area contributed by atoms with Crippen LogP contribution in [0.15, 0.2) is 42.6 Å². The topological polar surface area (TPSA) is 65.2 Å². The molecule has 1 aromatic heterocycles. The molecule has 0 fully saturated rings. The lowest BCUT2D eigenvalue weighted by Gasteiger charge is -2.25. The van der Waals surface area contributed by atoms with Crippen LogP contribution in [0.25, 0.3) is 0 Å². The minimum atomic E-state index is -0.397. The zero-order valence-corrected chi connectivity index (χ0v) is 11.1. The van der Waals surface area contributed by atoms with E-state index in [-0.39, 0.29) is 6.10 Å². The Morgan fingerprint density at radius 2 is 2.10 bits per heavy atom. The van der Waals surface area contributed by atoms with Crippen LogP contribution in [-0.2, 0) is 11.2 Å². The standard InChI is InChI=1S/C16H16N2O2/c17-12-8-9-14(18-10-12)16(19)20-15-7-3-5-11-4-1-2-6-13(11)15/h1-2,4,6,8-10,15H,3,5,7,17H2. The first-order valence-corrected chi connectivity index (χ1v) is 6.74. The van der Waals surface area contributed by atoms with Gasteiger partial charge < -0.3 is 10.5 Å². The average molecular weight is 268 g/mol. The van der Waals surface area contributed by atoms with E-state index in [1.54, 1.807) is 12.1 Å². The molecular weight excluding hydrogens is 252 g/mol. The van der Waals surface area contributed by atoms with Crippen LogP contribution in [0.1, 0.15) is 40.6 Å². The van der Waals surface area contributed by atoms with Gasteiger partial charge in [0.1, 0.15) is 11.8 Å². The number of carbonyl (C=O) groups is 1. The number of pyridine rings is 1. The van der Waals surface area contributed by atoms with Gasteiger partial charge in [-0.05, 0) is 42.5 Å². The van der Waals surface area contributed by atoms with Gasteiger partial charge in [-0.15, -0.1) is 0 Å². The molecule has 0 amide bonds. The predicted octanol–water partition coefficient (Wildman–Crippen LogP) is 2.90. The fourth-order valence-corrected chi connectivity index (χ4v) is 2.55. The van der Waals surface area contributed by atoms with E-state index < -0.39 is 5.97 Å². The monoisotopic (exact) mass is 268 g/mol. The summed E-state index contributed by atoms with van der Waals surface area (Å²) < 4.78 is 5.60. The summed E-state index contributed by atoms with van der Waals surface area (Å²) in [7, 11) is 0. The Labute approximate surface area is 117 Å². The Kier molecular flexibility index (Phi) is 3.37. The molecule has 2 aromatic rings. The van der Waals surface area contributed by atoms with Gasteiger partial charge in [-0.25, -0.2) is 9.78 Å². The molecule has 1 atom stereocenters. The van der Waals surface area contributed by atoms with Gasteiger partial charge in [0, 0.05) is 0 Å². The van der Waals surface area contributed by atoms with Crippen LogP contribution in [0.5, 0.6) is 0 Å². The molecule has 1 aliphatic carbocycles. The molecule has 0 aliphatic heterocycles. The molecule has 0 saturated carbocycles. The van der Waals surface area contributed by atoms with Crippen LogP contribution in [0, 0.1) is 0 Å². The van der Waals surface area contributed by atoms with Crippen LogP contribution < -0.4 is 5.73 Å². The number of nitrogens with zero attached hydrogens (tertiary/aromatic N) is 1. The van der Waals surface area contributed by atoms with Gasteiger partial charge in [0.05, 0.1) is 11.9 Å². The Balaban J connectivity index is 1.79. The summed E-state index contributed by atoms with van der Waals surface area (Å²) in [6, 6.07) is 11.4. The van der Waals surface area contributed by atoms with E-state index in [4.69, 9.17) is 10.5 Å². The lowest BCUT2D eigenvalue weighted by atomic mass is 9.89. The fraction of sp³-hybridized carbons (Fsp3) is 0.250. The lowest BCUT2D eigenvalue weighted by molar-refractivity contribution is 0.0249. The largest absolute Gasteiger partial charge is 0.453 e. The molecule has 4 heteroatoms. The molecule has 3 rings (SSSR count). The highest BCUT2D eigenvalue weighted by molar-refractivity contribution is 5.87. The second-order valence-electron chi connectivity index (χ2n) is 4.96. The normalized spacial score (nSPS) is 17.3. The number of aryl methyl sites for hydroxylation is 1. The molecule has 0 radical (unpaired) electrons. The van der Waals surface area contributed by atoms with E-state index in [2.05, 4.69) is 11.1 Å². The number of rotatable bonds is 2. The third-order valence-corrected chi connectivity index (χ3v) is 3.56. The Bertz CT molecular complexity index is 623. The molecule has 1 unspecified atom stereocenters. The van der Waals surface area contributed by atoms with Gasteiger partial charge in [-0.2, -0.15) is 0 Å². The van der Waals surface area contributed by atoms with Crippen molar-refractivity contribution in [2.75, 3.05) is 5.73 Å². The smallest absolute Gasteiger partial charge is 0.357 e. The van der Waals surface area contributed by atoms with E-state index >= 15 is 0 Å². The van der Waals surface area contributed by atoms with Crippen molar-refractivity contribution in [3.8, 4) is 0 Å². The maximum Gasteiger partial charge on any atom is 0.357 e. The van der Waals surface area contributed by atoms with Gasteiger partial charge in [0.2, 0.25) is 0 Å². The third kappa shape index (κ3) is 2.50. The number of esters is 1. The highest BCUT2D eigenvalue weighted by atomic mass is 16.5. The minimum Gasteiger partial charge on any atom is -0.453 e. The van der Waals surface area contributed by atoms with Crippen molar-refractivity contribution in [1.29, 1.82) is 0 Å². The molecule has 102 valence electrons. The first kappa shape index (κ1) is 12.7. The van der Waals surface area contributed by atoms with Gasteiger partial charge in [-0.3, -0.25) is 0 Å². The molecule has 20 heavy (non-hydrogen) atoms. The second kappa shape index (κ2) is 5.33. The lowest BCUT2D eigenvalue weighted by Crippen LogP contribution is -2.17. The van der Waals surface area contributed by atoms with Gasteiger partial charge in [0.25, 0.3) is 0 Å². The highest BCUT2D eigenvalue weighted by Gasteiger charge is 2.24. The maximum atomic E-state index is 12.1. The molecular formula is C16H16N2O2. The van der Waals surface area contributed by atoms with Crippen molar-refractivity contribution in [2.24, 2.45) is 0 Å². The average Bonchev–Trinajstić information content (AvgIpc) is 2.48. The van der Waals surface area contributed by atoms with E-state index in [1.165, 1.54) is 11.8 Å². The van der Waals surface area contributed by atoms with Crippen molar-refractivity contribution in [2.45, 2.75) is 25.4 Å². The van der Waals surface area contributed by atoms with Gasteiger partial charge in [-0.1, -0.05) is 24.3 Å². The molecule has 1 heterocycles. The van der Waals surface area contributed by atoms with Gasteiger partial charge >= 0.3 is 5.97 Å². The van der Waals surface area contributed by atoms with Crippen LogP contribution in [-0.4, -0.2) is 11.0 Å². The third-order valence-electron chi connectivity index (χ3n) is 3.56. The molecule has 1 aliphatic rings. The molecule has 0 saturated heterocycles. The SMILES string of the molecule is Nc1ccc(C(=O)OC2CCCc3ccccc32)nc1. The number of hydrogen-bond acceptors (Lipinski definition) is 4. The zero-order valence-electron chi connectivity index (χ0n) is 11.1. The molecule has 0 bridgehead atoms. The quantitative estimate of drug-likeness (QED) is 0.850. The number of aromatic nitrogens is 1. The van der Waals surface area contributed by atoms with E-state index in [0.29, 0.717) is 11.4 Å². The number of benzene rings is 1. The zero-order chi connectivity index (χ0) is 13.9. The van der Waals surface area contributed by atoms with E-state index in [9.17, 15) is 4.79 Å². The van der Waals surface area contributed by atoms with Crippen molar-refractivity contribution < 1.29 is 9.53 Å². The fourth-order valence-electron chi connectivity index (χ4n) is 2.55. The number of fused-ring (bicyclic) bond motifs is 1. The molecule has 1 aromatic carbocycles. The van der Waals surface area contributed by atoms with Gasteiger partial charge in [0.15, 0.2) is 0 Å². The summed E-state index contributed by atoms with van der Waals surface area (Å²) >= 11 is 0. The number of nitrogens with two attached hydrogens (primary N) is 1. The predicted molar refractivity (Wildman–Crippen MR) is 76.2 cm³/mol. The van der Waals surface area contributed by atoms with E-state index in [0.717, 1.165) is 24.8 Å². The Morgan fingerprint density at radius 1 is 1.25 bits per heavy atom. The summed E-state index contributed by atoms with van der Waals surface area (Å²) in [5.41, 5.74) is 8.76. The van der Waals surface area contributed by atoms with Crippen LogP contribution >= 0.6 is 0 Å². The minimum absolute atomic E-state index is 0.174. The molecule has 0 spiro atoms. The van der Waals surface area contributed by atoms with Crippen molar-refractivity contribution in [1.82, 2.24) is 4.98 Å². The van der Waals surface area contributed by atoms with Crippen molar-refractivity contribution >= 4 is 11.7 Å². The number of carbonyl (C=O) groups excluding carboxylic acids is 1. The summed E-state index contributed by atoms with van der Waals surface area (Å²) in [5, 5.41) is 0. The van der Waals surface area contributed by atoms with Crippen molar-refractivity contribution in [3.63, 3.8) is 0 Å². The van der Waals surface area contributed by atoms with Crippen molar-refractivity contribution in [3.05, 3.63) is 59.4 Å². The molecule has 2 N–H and O–H groups in total. The van der Waals surface area contributed by atoms with E-state index in [1.807, 2.05) is 18.2 Å². The summed E-state index contributed by atoms with van der Waals surface area (Å²) in [6.07, 6.45) is 4.23. The number of ether oxygens (including phenoxy) is 1. The van der Waals surface area contributed by atoms with Crippen LogP contribution in [0.2, 0.25) is 0 Å². The maximum absolute atomic E-state index is 12.1. The molecule has 4 nitrogen and oxygen atoms in total. The highest BCUT2D eigenvalue weighted by Crippen LogP contribution is 2.32. The summed E-state index contributed by atoms with van der Waals surface area (Å²) in [5.74, 6) is -0.397. The first-order chi connectivity index (χ1) is 9.74.